The van der Waals surface area contributed by atoms with Gasteiger partial charge in [-0.15, -0.1) is 0 Å². The van der Waals surface area contributed by atoms with E-state index in [-0.39, 0.29) is 18.1 Å². The van der Waals surface area contributed by atoms with Crippen LogP contribution in [0, 0.1) is 0 Å². The fraction of sp³-hybridized carbons (Fsp3) is 0.600. The maximum atomic E-state index is 11.7. The Hall–Kier alpha value is -0.750. The first-order chi connectivity index (χ1) is 10.0. The lowest BCUT2D eigenvalue weighted by Crippen LogP contribution is -2.17. The van der Waals surface area contributed by atoms with Crippen molar-refractivity contribution in [3.05, 3.63) is 23.8 Å². The van der Waals surface area contributed by atoms with E-state index in [1.54, 1.807) is 0 Å². The van der Waals surface area contributed by atoms with Gasteiger partial charge in [0.05, 0.1) is 18.1 Å². The number of halogens is 1. The van der Waals surface area contributed by atoms with Crippen LogP contribution in [0.4, 0.5) is 0 Å². The zero-order valence-electron chi connectivity index (χ0n) is 12.6. The predicted octanol–water partition coefficient (Wildman–Crippen LogP) is 3.57. The van der Waals surface area contributed by atoms with Crippen molar-refractivity contribution in [3.8, 4) is 11.5 Å². The fourth-order valence-corrected chi connectivity index (χ4v) is 3.41. The second kappa shape index (κ2) is 9.30. The lowest BCUT2D eigenvalue weighted by molar-refractivity contribution is 0.308. The summed E-state index contributed by atoms with van der Waals surface area (Å²) in [5, 5.41) is 0.651. The summed E-state index contributed by atoms with van der Waals surface area (Å²) < 4.78 is 34.5. The van der Waals surface area contributed by atoms with Gasteiger partial charge in [0.1, 0.15) is 18.1 Å². The van der Waals surface area contributed by atoms with Crippen LogP contribution in [0.25, 0.3) is 0 Å². The molecule has 0 bridgehead atoms. The van der Waals surface area contributed by atoms with Crippen molar-refractivity contribution in [2.45, 2.75) is 32.0 Å². The summed E-state index contributed by atoms with van der Waals surface area (Å²) in [7, 11) is -3.01. The SMILES string of the molecule is CCCOc1ccc(CBr)c(OCCS(=O)(=O)CCC)c1. The molecule has 4 nitrogen and oxygen atoms in total. The molecule has 0 atom stereocenters. The van der Waals surface area contributed by atoms with Crippen molar-refractivity contribution in [1.29, 1.82) is 0 Å². The van der Waals surface area contributed by atoms with E-state index in [1.165, 1.54) is 0 Å². The summed E-state index contributed by atoms with van der Waals surface area (Å²) in [5.74, 6) is 1.67. The number of rotatable bonds is 10. The van der Waals surface area contributed by atoms with Crippen LogP contribution in [0.2, 0.25) is 0 Å². The van der Waals surface area contributed by atoms with E-state index >= 15 is 0 Å². The quantitative estimate of drug-likeness (QED) is 0.583. The third kappa shape index (κ3) is 6.70. The summed E-state index contributed by atoms with van der Waals surface area (Å²) >= 11 is 3.40. The molecule has 1 rings (SSSR count). The van der Waals surface area contributed by atoms with Gasteiger partial charge >= 0.3 is 0 Å². The summed E-state index contributed by atoms with van der Waals surface area (Å²) in [6.45, 7) is 4.72. The first kappa shape index (κ1) is 18.3. The van der Waals surface area contributed by atoms with Gasteiger partial charge in [-0.1, -0.05) is 35.8 Å². The molecule has 0 fully saturated rings. The minimum absolute atomic E-state index is 0.0443. The van der Waals surface area contributed by atoms with Gasteiger partial charge in [0.25, 0.3) is 0 Å². The molecule has 0 amide bonds. The molecule has 6 heteroatoms. The highest BCUT2D eigenvalue weighted by molar-refractivity contribution is 9.08. The minimum atomic E-state index is -3.01. The maximum absolute atomic E-state index is 11.7. The van der Waals surface area contributed by atoms with Gasteiger partial charge in [-0.25, -0.2) is 8.42 Å². The normalized spacial score (nSPS) is 11.4. The van der Waals surface area contributed by atoms with E-state index in [9.17, 15) is 8.42 Å². The van der Waals surface area contributed by atoms with Crippen LogP contribution >= 0.6 is 15.9 Å². The molecule has 0 saturated carbocycles. The lowest BCUT2D eigenvalue weighted by Gasteiger charge is -2.12. The van der Waals surface area contributed by atoms with Gasteiger partial charge in [0, 0.05) is 17.0 Å². The van der Waals surface area contributed by atoms with E-state index in [0.717, 1.165) is 17.7 Å². The third-order valence-electron chi connectivity index (χ3n) is 2.82. The molecule has 1 aromatic carbocycles. The maximum Gasteiger partial charge on any atom is 0.153 e. The second-order valence-corrected chi connectivity index (χ2v) is 7.62. The summed E-state index contributed by atoms with van der Waals surface area (Å²) in [6, 6.07) is 5.64. The zero-order valence-corrected chi connectivity index (χ0v) is 15.0. The molecule has 0 radical (unpaired) electrons. The first-order valence-electron chi connectivity index (χ1n) is 7.17. The molecular formula is C15H23BrO4S. The molecular weight excluding hydrogens is 356 g/mol. The molecule has 0 aromatic heterocycles. The number of hydrogen-bond donors (Lipinski definition) is 0. The van der Waals surface area contributed by atoms with E-state index in [2.05, 4.69) is 15.9 Å². The molecule has 0 spiro atoms. The van der Waals surface area contributed by atoms with Crippen molar-refractivity contribution in [1.82, 2.24) is 0 Å². The highest BCUT2D eigenvalue weighted by Crippen LogP contribution is 2.27. The van der Waals surface area contributed by atoms with Crippen molar-refractivity contribution < 1.29 is 17.9 Å². The van der Waals surface area contributed by atoms with Gasteiger partial charge < -0.3 is 9.47 Å². The lowest BCUT2D eigenvalue weighted by atomic mass is 10.2. The van der Waals surface area contributed by atoms with Crippen LogP contribution in [-0.2, 0) is 15.2 Å². The molecule has 21 heavy (non-hydrogen) atoms. The average molecular weight is 379 g/mol. The van der Waals surface area contributed by atoms with Crippen LogP contribution < -0.4 is 9.47 Å². The molecule has 0 aliphatic heterocycles. The van der Waals surface area contributed by atoms with Gasteiger partial charge in [0.15, 0.2) is 9.84 Å². The fourth-order valence-electron chi connectivity index (χ4n) is 1.78. The summed E-state index contributed by atoms with van der Waals surface area (Å²) in [5.41, 5.74) is 0.978. The van der Waals surface area contributed by atoms with E-state index in [0.29, 0.717) is 24.1 Å². The van der Waals surface area contributed by atoms with Gasteiger partial charge in [-0.2, -0.15) is 0 Å². The monoisotopic (exact) mass is 378 g/mol. The number of hydrogen-bond acceptors (Lipinski definition) is 4. The Morgan fingerprint density at radius 3 is 2.43 bits per heavy atom. The topological polar surface area (TPSA) is 52.6 Å². The van der Waals surface area contributed by atoms with Crippen LogP contribution in [0.5, 0.6) is 11.5 Å². The molecule has 0 aliphatic carbocycles. The van der Waals surface area contributed by atoms with Crippen LogP contribution in [0.3, 0.4) is 0 Å². The highest BCUT2D eigenvalue weighted by atomic mass is 79.9. The molecule has 0 saturated heterocycles. The molecule has 120 valence electrons. The Labute approximate surface area is 135 Å². The van der Waals surface area contributed by atoms with Crippen LogP contribution in [-0.4, -0.2) is 33.1 Å². The first-order valence-corrected chi connectivity index (χ1v) is 10.1. The molecule has 0 N–H and O–H groups in total. The third-order valence-corrected chi connectivity index (χ3v) is 5.25. The average Bonchev–Trinajstić information content (AvgIpc) is 2.45. The number of benzene rings is 1. The van der Waals surface area contributed by atoms with E-state index < -0.39 is 9.84 Å². The Morgan fingerprint density at radius 2 is 1.81 bits per heavy atom. The van der Waals surface area contributed by atoms with Gasteiger partial charge in [-0.05, 0) is 18.9 Å². The van der Waals surface area contributed by atoms with E-state index in [1.807, 2.05) is 32.0 Å². The van der Waals surface area contributed by atoms with Crippen LogP contribution in [0.15, 0.2) is 18.2 Å². The Morgan fingerprint density at radius 1 is 1.05 bits per heavy atom. The standard InChI is InChI=1S/C15H23BrO4S/c1-3-7-19-14-6-5-13(12-16)15(11-14)20-8-10-21(17,18)9-4-2/h5-6,11H,3-4,7-10,12H2,1-2H3. The van der Waals surface area contributed by atoms with Gasteiger partial charge in [0.2, 0.25) is 0 Å². The van der Waals surface area contributed by atoms with E-state index in [4.69, 9.17) is 9.47 Å². The highest BCUT2D eigenvalue weighted by Gasteiger charge is 2.11. The number of alkyl halides is 1. The Balaban J connectivity index is 2.67. The van der Waals surface area contributed by atoms with Crippen molar-refractivity contribution in [3.63, 3.8) is 0 Å². The number of sulfone groups is 1. The van der Waals surface area contributed by atoms with Crippen molar-refractivity contribution in [2.75, 3.05) is 24.7 Å². The second-order valence-electron chi connectivity index (χ2n) is 4.75. The van der Waals surface area contributed by atoms with Crippen molar-refractivity contribution in [2.24, 2.45) is 0 Å². The molecule has 0 heterocycles. The van der Waals surface area contributed by atoms with Crippen LogP contribution in [0.1, 0.15) is 32.3 Å². The predicted molar refractivity (Wildman–Crippen MR) is 89.3 cm³/mol. The summed E-state index contributed by atoms with van der Waals surface area (Å²) in [6.07, 6.45) is 1.57. The Kier molecular flexibility index (Phi) is 8.11. The minimum Gasteiger partial charge on any atom is -0.493 e. The molecule has 0 unspecified atom stereocenters. The number of ether oxygens (including phenoxy) is 2. The van der Waals surface area contributed by atoms with Gasteiger partial charge in [-0.3, -0.25) is 0 Å². The smallest absolute Gasteiger partial charge is 0.153 e. The largest absolute Gasteiger partial charge is 0.493 e. The van der Waals surface area contributed by atoms with Crippen molar-refractivity contribution >= 4 is 25.8 Å². The summed E-state index contributed by atoms with van der Waals surface area (Å²) in [4.78, 5) is 0. The molecule has 0 aliphatic rings. The zero-order chi connectivity index (χ0) is 15.7. The Bertz CT molecular complexity index is 528. The molecule has 1 aromatic rings.